The Morgan fingerprint density at radius 1 is 1.59 bits per heavy atom. The van der Waals surface area contributed by atoms with Crippen LogP contribution in [0.5, 0.6) is 0 Å². The maximum absolute atomic E-state index is 11.7. The lowest BCUT2D eigenvalue weighted by Crippen LogP contribution is -2.20. The van der Waals surface area contributed by atoms with Crippen molar-refractivity contribution in [3.8, 4) is 0 Å². The zero-order valence-electron chi connectivity index (χ0n) is 9.22. The SMILES string of the molecule is CCOC(=O)C1=C(Br)c2cc(Cl)ccc2NC1. The van der Waals surface area contributed by atoms with Gasteiger partial charge in [0.25, 0.3) is 0 Å². The molecule has 0 fully saturated rings. The molecule has 90 valence electrons. The van der Waals surface area contributed by atoms with E-state index in [9.17, 15) is 4.79 Å². The number of rotatable bonds is 2. The summed E-state index contributed by atoms with van der Waals surface area (Å²) in [6, 6.07) is 5.51. The number of benzene rings is 1. The third-order valence-corrected chi connectivity index (χ3v) is 3.60. The number of anilines is 1. The monoisotopic (exact) mass is 315 g/mol. The van der Waals surface area contributed by atoms with Gasteiger partial charge >= 0.3 is 5.97 Å². The predicted octanol–water partition coefficient (Wildman–Crippen LogP) is 3.43. The maximum atomic E-state index is 11.7. The Labute approximate surface area is 113 Å². The van der Waals surface area contributed by atoms with E-state index in [1.807, 2.05) is 18.2 Å². The highest BCUT2D eigenvalue weighted by atomic mass is 79.9. The molecule has 1 heterocycles. The van der Waals surface area contributed by atoms with Gasteiger partial charge in [0.15, 0.2) is 0 Å². The summed E-state index contributed by atoms with van der Waals surface area (Å²) in [6.07, 6.45) is 0. The minimum atomic E-state index is -0.308. The van der Waals surface area contributed by atoms with E-state index < -0.39 is 0 Å². The Morgan fingerprint density at radius 2 is 2.35 bits per heavy atom. The third kappa shape index (κ3) is 2.48. The zero-order valence-corrected chi connectivity index (χ0v) is 11.6. The summed E-state index contributed by atoms with van der Waals surface area (Å²) >= 11 is 9.38. The average Bonchev–Trinajstić information content (AvgIpc) is 2.30. The van der Waals surface area contributed by atoms with Crippen LogP contribution in [0.1, 0.15) is 12.5 Å². The molecule has 0 aliphatic carbocycles. The number of ether oxygens (including phenoxy) is 1. The quantitative estimate of drug-likeness (QED) is 0.850. The molecule has 5 heteroatoms. The van der Waals surface area contributed by atoms with Gasteiger partial charge in [0.2, 0.25) is 0 Å². The van der Waals surface area contributed by atoms with Gasteiger partial charge in [-0.3, -0.25) is 0 Å². The fraction of sp³-hybridized carbons (Fsp3) is 0.250. The summed E-state index contributed by atoms with van der Waals surface area (Å²) in [7, 11) is 0. The molecular formula is C12H11BrClNO2. The number of carbonyl (C=O) groups is 1. The summed E-state index contributed by atoms with van der Waals surface area (Å²) in [5, 5.41) is 3.79. The van der Waals surface area contributed by atoms with Gasteiger partial charge in [0.1, 0.15) is 0 Å². The molecule has 1 aliphatic rings. The van der Waals surface area contributed by atoms with Crippen molar-refractivity contribution in [3.63, 3.8) is 0 Å². The molecule has 0 bridgehead atoms. The van der Waals surface area contributed by atoms with Crippen LogP contribution in [0, 0.1) is 0 Å². The Kier molecular flexibility index (Phi) is 3.74. The van der Waals surface area contributed by atoms with Crippen molar-refractivity contribution in [2.24, 2.45) is 0 Å². The zero-order chi connectivity index (χ0) is 12.4. The van der Waals surface area contributed by atoms with Crippen LogP contribution in [0.3, 0.4) is 0 Å². The number of hydrogen-bond acceptors (Lipinski definition) is 3. The van der Waals surface area contributed by atoms with E-state index in [2.05, 4.69) is 21.2 Å². The van der Waals surface area contributed by atoms with Crippen LogP contribution in [-0.2, 0) is 9.53 Å². The fourth-order valence-corrected chi connectivity index (χ4v) is 2.46. The summed E-state index contributed by atoms with van der Waals surface area (Å²) in [4.78, 5) is 11.7. The molecule has 0 spiro atoms. The Balaban J connectivity index is 2.43. The summed E-state index contributed by atoms with van der Waals surface area (Å²) in [6.45, 7) is 2.60. The van der Waals surface area contributed by atoms with Crippen LogP contribution in [-0.4, -0.2) is 19.1 Å². The first-order valence-corrected chi connectivity index (χ1v) is 6.40. The number of fused-ring (bicyclic) bond motifs is 1. The van der Waals surface area contributed by atoms with E-state index in [1.165, 1.54) is 0 Å². The molecule has 17 heavy (non-hydrogen) atoms. The Hall–Kier alpha value is -1.00. The number of esters is 1. The molecule has 0 unspecified atom stereocenters. The molecule has 0 amide bonds. The number of nitrogens with one attached hydrogen (secondary N) is 1. The topological polar surface area (TPSA) is 38.3 Å². The third-order valence-electron chi connectivity index (χ3n) is 2.46. The van der Waals surface area contributed by atoms with Gasteiger partial charge in [0.05, 0.1) is 12.2 Å². The van der Waals surface area contributed by atoms with Crippen LogP contribution in [0.2, 0.25) is 5.02 Å². The van der Waals surface area contributed by atoms with Gasteiger partial charge in [-0.1, -0.05) is 11.6 Å². The van der Waals surface area contributed by atoms with E-state index in [0.717, 1.165) is 15.7 Å². The average molecular weight is 317 g/mol. The molecule has 0 saturated heterocycles. The molecule has 1 aromatic rings. The number of hydrogen-bond donors (Lipinski definition) is 1. The van der Waals surface area contributed by atoms with E-state index in [-0.39, 0.29) is 5.97 Å². The van der Waals surface area contributed by atoms with Crippen molar-refractivity contribution >= 4 is 43.7 Å². The van der Waals surface area contributed by atoms with Gasteiger partial charge in [0, 0.05) is 27.3 Å². The fourth-order valence-electron chi connectivity index (χ4n) is 1.66. The second-order valence-electron chi connectivity index (χ2n) is 3.56. The molecule has 0 radical (unpaired) electrons. The second-order valence-corrected chi connectivity index (χ2v) is 4.79. The van der Waals surface area contributed by atoms with Crippen molar-refractivity contribution in [2.75, 3.05) is 18.5 Å². The van der Waals surface area contributed by atoms with Crippen molar-refractivity contribution < 1.29 is 9.53 Å². The molecule has 2 rings (SSSR count). The first-order valence-electron chi connectivity index (χ1n) is 5.23. The molecule has 1 aromatic carbocycles. The van der Waals surface area contributed by atoms with Gasteiger partial charge in [-0.05, 0) is 41.1 Å². The number of carbonyl (C=O) groups excluding carboxylic acids is 1. The minimum absolute atomic E-state index is 0.308. The molecule has 3 nitrogen and oxygen atoms in total. The second kappa shape index (κ2) is 5.10. The highest BCUT2D eigenvalue weighted by Gasteiger charge is 2.22. The van der Waals surface area contributed by atoms with Crippen LogP contribution in [0.15, 0.2) is 23.8 Å². The minimum Gasteiger partial charge on any atom is -0.463 e. The lowest BCUT2D eigenvalue weighted by Gasteiger charge is -2.21. The normalized spacial score (nSPS) is 14.1. The van der Waals surface area contributed by atoms with Gasteiger partial charge in [-0.25, -0.2) is 4.79 Å². The van der Waals surface area contributed by atoms with Crippen LogP contribution in [0.25, 0.3) is 4.48 Å². The van der Waals surface area contributed by atoms with E-state index >= 15 is 0 Å². The van der Waals surface area contributed by atoms with Crippen LogP contribution >= 0.6 is 27.5 Å². The molecule has 0 aromatic heterocycles. The molecule has 1 N–H and O–H groups in total. The smallest absolute Gasteiger partial charge is 0.336 e. The van der Waals surface area contributed by atoms with Gasteiger partial charge in [-0.15, -0.1) is 0 Å². The summed E-state index contributed by atoms with van der Waals surface area (Å²) in [5.41, 5.74) is 2.42. The lowest BCUT2D eigenvalue weighted by molar-refractivity contribution is -0.138. The van der Waals surface area contributed by atoms with Gasteiger partial charge < -0.3 is 10.1 Å². The van der Waals surface area contributed by atoms with Crippen LogP contribution in [0.4, 0.5) is 5.69 Å². The van der Waals surface area contributed by atoms with Crippen molar-refractivity contribution in [3.05, 3.63) is 34.4 Å². The largest absolute Gasteiger partial charge is 0.463 e. The predicted molar refractivity (Wildman–Crippen MR) is 72.4 cm³/mol. The standard InChI is InChI=1S/C12H11BrClNO2/c1-2-17-12(16)9-6-15-10-4-3-7(14)5-8(10)11(9)13/h3-5,15H,2,6H2,1H3. The highest BCUT2D eigenvalue weighted by Crippen LogP contribution is 2.36. The summed E-state index contributed by atoms with van der Waals surface area (Å²) in [5.74, 6) is -0.308. The molecular weight excluding hydrogens is 305 g/mol. The van der Waals surface area contributed by atoms with Crippen molar-refractivity contribution in [1.29, 1.82) is 0 Å². The highest BCUT2D eigenvalue weighted by molar-refractivity contribution is 9.15. The van der Waals surface area contributed by atoms with Crippen molar-refractivity contribution in [2.45, 2.75) is 6.92 Å². The molecule has 0 atom stereocenters. The lowest BCUT2D eigenvalue weighted by atomic mass is 10.0. The first-order chi connectivity index (χ1) is 8.13. The molecule has 1 aliphatic heterocycles. The van der Waals surface area contributed by atoms with E-state index in [0.29, 0.717) is 23.7 Å². The van der Waals surface area contributed by atoms with Crippen LogP contribution < -0.4 is 5.32 Å². The first kappa shape index (κ1) is 12.5. The van der Waals surface area contributed by atoms with Gasteiger partial charge in [-0.2, -0.15) is 0 Å². The van der Waals surface area contributed by atoms with E-state index in [1.54, 1.807) is 6.92 Å². The van der Waals surface area contributed by atoms with Crippen molar-refractivity contribution in [1.82, 2.24) is 0 Å². The molecule has 0 saturated carbocycles. The number of halogens is 2. The Morgan fingerprint density at radius 3 is 3.06 bits per heavy atom. The maximum Gasteiger partial charge on any atom is 0.336 e. The Bertz CT molecular complexity index is 499. The van der Waals surface area contributed by atoms with E-state index in [4.69, 9.17) is 16.3 Å². The summed E-state index contributed by atoms with van der Waals surface area (Å²) < 4.78 is 5.74.